The first-order valence-corrected chi connectivity index (χ1v) is 11.6. The van der Waals surface area contributed by atoms with E-state index in [1.165, 1.54) is 49.6 Å². The fourth-order valence-corrected chi connectivity index (χ4v) is 4.28. The zero-order valence-electron chi connectivity index (χ0n) is 20.3. The molecule has 38 heavy (non-hydrogen) atoms. The van der Waals surface area contributed by atoms with Crippen LogP contribution in [0.3, 0.4) is 0 Å². The molecular weight excluding hydrogens is 502 g/mol. The van der Waals surface area contributed by atoms with Crippen molar-refractivity contribution in [1.82, 2.24) is 15.3 Å². The van der Waals surface area contributed by atoms with Crippen LogP contribution in [0.1, 0.15) is 34.5 Å². The van der Waals surface area contributed by atoms with E-state index in [-0.39, 0.29) is 23.8 Å². The summed E-state index contributed by atoms with van der Waals surface area (Å²) in [5.74, 6) is -0.779. The van der Waals surface area contributed by atoms with Crippen molar-refractivity contribution in [2.75, 3.05) is 13.7 Å². The number of rotatable bonds is 5. The molecule has 0 saturated carbocycles. The number of carbonyl (C=O) groups is 1. The number of amides is 1. The number of nitrogens with zero attached hydrogens (tertiary/aromatic N) is 2. The maximum Gasteiger partial charge on any atom is 0.419 e. The number of alkyl halides is 3. The summed E-state index contributed by atoms with van der Waals surface area (Å²) in [6.07, 6.45) is -2.67. The number of fused-ring (bicyclic) bond motifs is 2. The Morgan fingerprint density at radius 1 is 1.16 bits per heavy atom. The van der Waals surface area contributed by atoms with Crippen LogP contribution in [0.2, 0.25) is 0 Å². The number of hydrogen-bond donors (Lipinski definition) is 1. The topological polar surface area (TPSA) is 73.3 Å². The number of benzene rings is 2. The quantitative estimate of drug-likeness (QED) is 0.312. The molecule has 10 heteroatoms. The molecule has 3 heterocycles. The standard InChI is InChI=1S/C28H21F4N3O3/c1-15-14-38-26-20(15)12-22(35-25(26)16-5-7-19(29)8-6-16)21(28(30,31)32)13-34-27(36)18-10-17-4-3-9-33-24(17)23(11-18)37-2/h3-13,15H,14H2,1-2H3,(H,34,36)/b21-13-/t15-/m1/s1. The van der Waals surface area contributed by atoms with Crippen molar-refractivity contribution in [3.8, 4) is 22.8 Å². The highest BCUT2D eigenvalue weighted by Gasteiger charge is 2.38. The Morgan fingerprint density at radius 2 is 1.92 bits per heavy atom. The van der Waals surface area contributed by atoms with Crippen LogP contribution >= 0.6 is 0 Å². The Labute approximate surface area is 214 Å². The molecule has 0 radical (unpaired) electrons. The molecule has 0 unspecified atom stereocenters. The van der Waals surface area contributed by atoms with E-state index < -0.39 is 29.2 Å². The van der Waals surface area contributed by atoms with E-state index in [0.717, 1.165) is 0 Å². The lowest BCUT2D eigenvalue weighted by Gasteiger charge is -2.16. The van der Waals surface area contributed by atoms with Gasteiger partial charge in [-0.25, -0.2) is 9.37 Å². The molecule has 1 atom stereocenters. The number of ether oxygens (including phenoxy) is 2. The Hall–Kier alpha value is -4.47. The van der Waals surface area contributed by atoms with Crippen LogP contribution in [-0.4, -0.2) is 35.8 Å². The minimum Gasteiger partial charge on any atom is -0.494 e. The summed E-state index contributed by atoms with van der Waals surface area (Å²) in [4.78, 5) is 21.4. The molecular formula is C28H21F4N3O3. The molecule has 1 amide bonds. The fourth-order valence-electron chi connectivity index (χ4n) is 4.28. The molecule has 1 N–H and O–H groups in total. The Kier molecular flexibility index (Phi) is 6.48. The number of methoxy groups -OCH3 is 1. The summed E-state index contributed by atoms with van der Waals surface area (Å²) in [7, 11) is 1.41. The molecule has 1 aliphatic rings. The van der Waals surface area contributed by atoms with Crippen molar-refractivity contribution in [1.29, 1.82) is 0 Å². The Morgan fingerprint density at radius 3 is 2.63 bits per heavy atom. The van der Waals surface area contributed by atoms with Gasteiger partial charge >= 0.3 is 6.18 Å². The second-order valence-corrected chi connectivity index (χ2v) is 8.78. The molecule has 0 spiro atoms. The van der Waals surface area contributed by atoms with E-state index in [4.69, 9.17) is 9.47 Å². The minimum atomic E-state index is -4.84. The molecule has 0 saturated heterocycles. The maximum absolute atomic E-state index is 14.3. The Balaban J connectivity index is 1.56. The zero-order valence-corrected chi connectivity index (χ0v) is 20.3. The van der Waals surface area contributed by atoms with Gasteiger partial charge in [-0.3, -0.25) is 9.78 Å². The molecule has 2 aromatic carbocycles. The number of pyridine rings is 2. The van der Waals surface area contributed by atoms with Crippen LogP contribution < -0.4 is 14.8 Å². The number of halogens is 4. The highest BCUT2D eigenvalue weighted by molar-refractivity contribution is 6.00. The van der Waals surface area contributed by atoms with Gasteiger partial charge in [-0.1, -0.05) is 13.0 Å². The fraction of sp³-hybridized carbons (Fsp3) is 0.179. The van der Waals surface area contributed by atoms with E-state index >= 15 is 0 Å². The first-order chi connectivity index (χ1) is 18.2. The van der Waals surface area contributed by atoms with Gasteiger partial charge < -0.3 is 14.8 Å². The number of hydrogen-bond acceptors (Lipinski definition) is 5. The predicted molar refractivity (Wildman–Crippen MR) is 133 cm³/mol. The van der Waals surface area contributed by atoms with Gasteiger partial charge in [0.05, 0.1) is 25.0 Å². The average molecular weight is 523 g/mol. The van der Waals surface area contributed by atoms with Crippen LogP contribution in [0.25, 0.3) is 27.7 Å². The van der Waals surface area contributed by atoms with E-state index in [1.54, 1.807) is 18.3 Å². The van der Waals surface area contributed by atoms with Crippen LogP contribution in [0.4, 0.5) is 17.6 Å². The molecule has 5 rings (SSSR count). The average Bonchev–Trinajstić information content (AvgIpc) is 3.27. The summed E-state index contributed by atoms with van der Waals surface area (Å²) >= 11 is 0. The number of carbonyl (C=O) groups excluding carboxylic acids is 1. The van der Waals surface area contributed by atoms with Gasteiger partial charge in [0.25, 0.3) is 5.91 Å². The summed E-state index contributed by atoms with van der Waals surface area (Å²) in [6, 6.07) is 12.9. The van der Waals surface area contributed by atoms with Crippen molar-refractivity contribution in [2.24, 2.45) is 0 Å². The van der Waals surface area contributed by atoms with E-state index in [0.29, 0.717) is 39.7 Å². The van der Waals surface area contributed by atoms with Crippen LogP contribution in [0.15, 0.2) is 67.0 Å². The minimum absolute atomic E-state index is 0.0936. The van der Waals surface area contributed by atoms with E-state index in [9.17, 15) is 22.4 Å². The van der Waals surface area contributed by atoms with Crippen LogP contribution in [0, 0.1) is 5.82 Å². The third kappa shape index (κ3) is 4.77. The summed E-state index contributed by atoms with van der Waals surface area (Å²) < 4.78 is 67.3. The summed E-state index contributed by atoms with van der Waals surface area (Å²) in [5, 5.41) is 2.84. The van der Waals surface area contributed by atoms with Gasteiger partial charge in [-0.2, -0.15) is 13.2 Å². The van der Waals surface area contributed by atoms with Crippen LogP contribution in [0.5, 0.6) is 11.5 Å². The Bertz CT molecular complexity index is 1570. The van der Waals surface area contributed by atoms with Gasteiger partial charge in [0.1, 0.15) is 28.5 Å². The third-order valence-electron chi connectivity index (χ3n) is 6.21. The first-order valence-electron chi connectivity index (χ1n) is 11.6. The second kappa shape index (κ2) is 9.77. The first kappa shape index (κ1) is 25.2. The number of nitrogens with one attached hydrogen (secondary N) is 1. The van der Waals surface area contributed by atoms with Gasteiger partial charge in [-0.05, 0) is 48.5 Å². The lowest BCUT2D eigenvalue weighted by molar-refractivity contribution is -0.0693. The zero-order chi connectivity index (χ0) is 27.0. The van der Waals surface area contributed by atoms with Crippen molar-refractivity contribution in [3.63, 3.8) is 0 Å². The molecule has 0 bridgehead atoms. The highest BCUT2D eigenvalue weighted by Crippen LogP contribution is 2.43. The summed E-state index contributed by atoms with van der Waals surface area (Å²) in [6.45, 7) is 2.10. The van der Waals surface area contributed by atoms with Crippen molar-refractivity contribution in [2.45, 2.75) is 19.0 Å². The van der Waals surface area contributed by atoms with Crippen molar-refractivity contribution < 1.29 is 31.8 Å². The highest BCUT2D eigenvalue weighted by atomic mass is 19.4. The molecule has 2 aromatic heterocycles. The second-order valence-electron chi connectivity index (χ2n) is 8.78. The van der Waals surface area contributed by atoms with Crippen LogP contribution in [-0.2, 0) is 0 Å². The molecule has 1 aliphatic heterocycles. The largest absolute Gasteiger partial charge is 0.494 e. The van der Waals surface area contributed by atoms with Gasteiger partial charge in [0.15, 0.2) is 0 Å². The van der Waals surface area contributed by atoms with Gasteiger partial charge in [-0.15, -0.1) is 0 Å². The molecule has 0 aliphatic carbocycles. The van der Waals surface area contributed by atoms with Gasteiger partial charge in [0.2, 0.25) is 0 Å². The van der Waals surface area contributed by atoms with Crippen molar-refractivity contribution in [3.05, 3.63) is 89.6 Å². The number of allylic oxidation sites excluding steroid dienone is 1. The maximum atomic E-state index is 14.3. The molecule has 4 aromatic rings. The smallest absolute Gasteiger partial charge is 0.419 e. The van der Waals surface area contributed by atoms with Gasteiger partial charge in [0, 0.05) is 40.4 Å². The number of aromatic nitrogens is 2. The van der Waals surface area contributed by atoms with Crippen molar-refractivity contribution >= 4 is 22.4 Å². The normalized spacial score (nSPS) is 15.2. The third-order valence-corrected chi connectivity index (χ3v) is 6.21. The molecule has 6 nitrogen and oxygen atoms in total. The predicted octanol–water partition coefficient (Wildman–Crippen LogP) is 6.27. The molecule has 194 valence electrons. The monoisotopic (exact) mass is 523 g/mol. The lowest BCUT2D eigenvalue weighted by Crippen LogP contribution is -2.22. The lowest BCUT2D eigenvalue weighted by atomic mass is 9.98. The molecule has 0 fully saturated rings. The SMILES string of the molecule is COc1cc(C(=O)N/C=C(/c2cc3c(c(-c4ccc(F)cc4)n2)OC[C@H]3C)C(F)(F)F)cc2cccnc12. The van der Waals surface area contributed by atoms with E-state index in [1.807, 2.05) is 6.92 Å². The summed E-state index contributed by atoms with van der Waals surface area (Å²) in [5.41, 5.74) is 0.180. The van der Waals surface area contributed by atoms with E-state index in [2.05, 4.69) is 15.3 Å².